The summed E-state index contributed by atoms with van der Waals surface area (Å²) in [6.07, 6.45) is 4.42. The molecule has 6 nitrogen and oxygen atoms in total. The minimum atomic E-state index is -0.0741. The summed E-state index contributed by atoms with van der Waals surface area (Å²) in [4.78, 5) is 24.0. The SMILES string of the molecule is COc1ccc2nc(SCC(=O)Nc3ccc(Cc4ccncc4)cc3)[nH]c2c1. The van der Waals surface area contributed by atoms with Crippen LogP contribution in [0.3, 0.4) is 0 Å². The van der Waals surface area contributed by atoms with E-state index < -0.39 is 0 Å². The molecule has 0 atom stereocenters. The Morgan fingerprint density at radius 2 is 1.83 bits per heavy atom. The number of pyridine rings is 1. The number of methoxy groups -OCH3 is 1. The first-order valence-corrected chi connectivity index (χ1v) is 10.1. The molecule has 0 aliphatic heterocycles. The molecule has 4 rings (SSSR count). The molecular weight excluding hydrogens is 384 g/mol. The molecule has 7 heteroatoms. The number of H-pyrrole nitrogens is 1. The van der Waals surface area contributed by atoms with E-state index in [1.165, 1.54) is 22.9 Å². The van der Waals surface area contributed by atoms with Crippen LogP contribution in [0, 0.1) is 0 Å². The summed E-state index contributed by atoms with van der Waals surface area (Å²) >= 11 is 1.37. The Hall–Kier alpha value is -3.32. The van der Waals surface area contributed by atoms with E-state index in [-0.39, 0.29) is 11.7 Å². The van der Waals surface area contributed by atoms with Crippen molar-refractivity contribution in [2.45, 2.75) is 11.6 Å². The van der Waals surface area contributed by atoms with Gasteiger partial charge < -0.3 is 15.0 Å². The molecule has 0 saturated heterocycles. The number of aromatic nitrogens is 3. The monoisotopic (exact) mass is 404 g/mol. The lowest BCUT2D eigenvalue weighted by atomic mass is 10.1. The van der Waals surface area contributed by atoms with Crippen molar-refractivity contribution in [1.29, 1.82) is 0 Å². The number of aromatic amines is 1. The van der Waals surface area contributed by atoms with Gasteiger partial charge in [-0.05, 0) is 53.9 Å². The van der Waals surface area contributed by atoms with E-state index in [4.69, 9.17) is 4.74 Å². The zero-order chi connectivity index (χ0) is 20.1. The summed E-state index contributed by atoms with van der Waals surface area (Å²) in [7, 11) is 1.63. The molecule has 0 unspecified atom stereocenters. The predicted octanol–water partition coefficient (Wildman–Crippen LogP) is 4.29. The van der Waals surface area contributed by atoms with E-state index in [2.05, 4.69) is 20.3 Å². The van der Waals surface area contributed by atoms with Gasteiger partial charge in [-0.2, -0.15) is 0 Å². The van der Waals surface area contributed by atoms with Crippen molar-refractivity contribution < 1.29 is 9.53 Å². The number of thioether (sulfide) groups is 1. The van der Waals surface area contributed by atoms with Crippen molar-refractivity contribution in [3.8, 4) is 5.75 Å². The third kappa shape index (κ3) is 4.94. The van der Waals surface area contributed by atoms with Gasteiger partial charge in [0, 0.05) is 24.1 Å². The van der Waals surface area contributed by atoms with Crippen molar-refractivity contribution in [3.63, 3.8) is 0 Å². The van der Waals surface area contributed by atoms with Gasteiger partial charge in [0.15, 0.2) is 5.16 Å². The van der Waals surface area contributed by atoms with Crippen LogP contribution >= 0.6 is 11.8 Å². The van der Waals surface area contributed by atoms with Crippen LogP contribution in [0.1, 0.15) is 11.1 Å². The van der Waals surface area contributed by atoms with Crippen molar-refractivity contribution >= 4 is 34.4 Å². The molecule has 0 aliphatic rings. The Labute approximate surface area is 172 Å². The molecule has 2 N–H and O–H groups in total. The predicted molar refractivity (Wildman–Crippen MR) is 115 cm³/mol. The molecule has 0 spiro atoms. The van der Waals surface area contributed by atoms with Crippen molar-refractivity contribution in [3.05, 3.63) is 78.1 Å². The van der Waals surface area contributed by atoms with Crippen LogP contribution < -0.4 is 10.1 Å². The summed E-state index contributed by atoms with van der Waals surface area (Å²) < 4.78 is 5.22. The molecule has 0 fully saturated rings. The number of fused-ring (bicyclic) bond motifs is 1. The number of hydrogen-bond acceptors (Lipinski definition) is 5. The van der Waals surface area contributed by atoms with Crippen molar-refractivity contribution in [2.75, 3.05) is 18.2 Å². The zero-order valence-corrected chi connectivity index (χ0v) is 16.7. The van der Waals surface area contributed by atoms with Crippen LogP contribution in [0.5, 0.6) is 5.75 Å². The van der Waals surface area contributed by atoms with Gasteiger partial charge in [-0.15, -0.1) is 0 Å². The van der Waals surface area contributed by atoms with Gasteiger partial charge in [-0.25, -0.2) is 4.98 Å². The van der Waals surface area contributed by atoms with Gasteiger partial charge in [0.2, 0.25) is 5.91 Å². The average molecular weight is 404 g/mol. The molecule has 0 radical (unpaired) electrons. The molecule has 2 heterocycles. The van der Waals surface area contributed by atoms with Crippen molar-refractivity contribution in [2.24, 2.45) is 0 Å². The topological polar surface area (TPSA) is 79.9 Å². The number of nitrogens with zero attached hydrogens (tertiary/aromatic N) is 2. The fourth-order valence-corrected chi connectivity index (χ4v) is 3.62. The highest BCUT2D eigenvalue weighted by molar-refractivity contribution is 7.99. The number of carbonyl (C=O) groups is 1. The highest BCUT2D eigenvalue weighted by Crippen LogP contribution is 2.23. The summed E-state index contributed by atoms with van der Waals surface area (Å²) in [5.41, 5.74) is 4.90. The fraction of sp³-hybridized carbons (Fsp3) is 0.136. The van der Waals surface area contributed by atoms with E-state index in [1.54, 1.807) is 19.5 Å². The number of anilines is 1. The molecule has 146 valence electrons. The van der Waals surface area contributed by atoms with Crippen molar-refractivity contribution in [1.82, 2.24) is 15.0 Å². The zero-order valence-electron chi connectivity index (χ0n) is 15.9. The summed E-state index contributed by atoms with van der Waals surface area (Å²) in [6, 6.07) is 17.5. The van der Waals surface area contributed by atoms with Crippen LogP contribution in [0.4, 0.5) is 5.69 Å². The maximum atomic E-state index is 12.3. The minimum absolute atomic E-state index is 0.0741. The first kappa shape index (κ1) is 19.0. The van der Waals surface area contributed by atoms with Gasteiger partial charge in [0.1, 0.15) is 5.75 Å². The third-order valence-corrected chi connectivity index (χ3v) is 5.28. The molecule has 0 bridgehead atoms. The number of amides is 1. The summed E-state index contributed by atoms with van der Waals surface area (Å²) in [6.45, 7) is 0. The van der Waals surface area contributed by atoms with Crippen LogP contribution in [0.2, 0.25) is 0 Å². The first-order valence-electron chi connectivity index (χ1n) is 9.14. The smallest absolute Gasteiger partial charge is 0.234 e. The van der Waals surface area contributed by atoms with Gasteiger partial charge in [0.25, 0.3) is 0 Å². The summed E-state index contributed by atoms with van der Waals surface area (Å²) in [5, 5.41) is 3.63. The first-order chi connectivity index (χ1) is 14.2. The van der Waals surface area contributed by atoms with E-state index in [0.29, 0.717) is 5.16 Å². The Morgan fingerprint density at radius 1 is 1.07 bits per heavy atom. The maximum absolute atomic E-state index is 12.3. The normalized spacial score (nSPS) is 10.8. The molecule has 2 aromatic carbocycles. The largest absolute Gasteiger partial charge is 0.497 e. The van der Waals surface area contributed by atoms with E-state index >= 15 is 0 Å². The molecule has 0 saturated carbocycles. The Balaban J connectivity index is 1.31. The Kier molecular flexibility index (Phi) is 5.76. The van der Waals surface area contributed by atoms with Crippen LogP contribution in [0.25, 0.3) is 11.0 Å². The number of benzene rings is 2. The molecular formula is C22H20N4O2S. The molecule has 0 aliphatic carbocycles. The quantitative estimate of drug-likeness (QED) is 0.449. The Bertz CT molecular complexity index is 1110. The maximum Gasteiger partial charge on any atom is 0.234 e. The second-order valence-electron chi connectivity index (χ2n) is 6.49. The minimum Gasteiger partial charge on any atom is -0.497 e. The lowest BCUT2D eigenvalue weighted by Gasteiger charge is -2.06. The number of hydrogen-bond donors (Lipinski definition) is 2. The average Bonchev–Trinajstić information content (AvgIpc) is 3.16. The highest BCUT2D eigenvalue weighted by atomic mass is 32.2. The molecule has 1 amide bonds. The van der Waals surface area contributed by atoms with Gasteiger partial charge in [-0.1, -0.05) is 23.9 Å². The lowest BCUT2D eigenvalue weighted by molar-refractivity contribution is -0.113. The fourth-order valence-electron chi connectivity index (χ4n) is 2.93. The number of ether oxygens (including phenoxy) is 1. The van der Waals surface area contributed by atoms with Crippen LogP contribution in [0.15, 0.2) is 72.1 Å². The molecule has 29 heavy (non-hydrogen) atoms. The standard InChI is InChI=1S/C22H20N4O2S/c1-28-18-6-7-19-20(13-18)26-22(25-19)29-14-21(27)24-17-4-2-15(3-5-17)12-16-8-10-23-11-9-16/h2-11,13H,12,14H2,1H3,(H,24,27)(H,25,26). The van der Waals surface area contributed by atoms with Gasteiger partial charge >= 0.3 is 0 Å². The third-order valence-electron chi connectivity index (χ3n) is 4.40. The number of imidazole rings is 1. The van der Waals surface area contributed by atoms with E-state index in [9.17, 15) is 4.79 Å². The molecule has 2 aromatic heterocycles. The highest BCUT2D eigenvalue weighted by Gasteiger charge is 2.08. The number of rotatable bonds is 7. The van der Waals surface area contributed by atoms with Gasteiger partial charge in [-0.3, -0.25) is 9.78 Å². The number of carbonyl (C=O) groups excluding carboxylic acids is 1. The van der Waals surface area contributed by atoms with E-state index in [1.807, 2.05) is 54.6 Å². The number of nitrogens with one attached hydrogen (secondary N) is 2. The second kappa shape index (κ2) is 8.79. The van der Waals surface area contributed by atoms with E-state index in [0.717, 1.165) is 28.9 Å². The second-order valence-corrected chi connectivity index (χ2v) is 7.46. The Morgan fingerprint density at radius 3 is 2.59 bits per heavy atom. The lowest BCUT2D eigenvalue weighted by Crippen LogP contribution is -2.14. The summed E-state index contributed by atoms with van der Waals surface area (Å²) in [5.74, 6) is 0.966. The van der Waals surface area contributed by atoms with Gasteiger partial charge in [0.05, 0.1) is 23.9 Å². The van der Waals surface area contributed by atoms with Crippen LogP contribution in [-0.4, -0.2) is 33.7 Å². The van der Waals surface area contributed by atoms with Crippen LogP contribution in [-0.2, 0) is 11.2 Å². The molecule has 4 aromatic rings.